The van der Waals surface area contributed by atoms with E-state index >= 15 is 0 Å². The molecule has 0 aliphatic carbocycles. The Balaban J connectivity index is 2.94. The second-order valence-electron chi connectivity index (χ2n) is 6.82. The van der Waals surface area contributed by atoms with Gasteiger partial charge in [-0.2, -0.15) is 0 Å². The van der Waals surface area contributed by atoms with Crippen molar-refractivity contribution in [2.24, 2.45) is 0 Å². The highest BCUT2D eigenvalue weighted by molar-refractivity contribution is 6.74. The summed E-state index contributed by atoms with van der Waals surface area (Å²) in [6.45, 7) is 11.6. The molecule has 1 saturated heterocycles. The van der Waals surface area contributed by atoms with Gasteiger partial charge in [0.25, 0.3) is 0 Å². The molecule has 1 amide bonds. The van der Waals surface area contributed by atoms with Crippen molar-refractivity contribution < 1.29 is 24.2 Å². The van der Waals surface area contributed by atoms with E-state index in [1.807, 2.05) is 0 Å². The number of aliphatic hydroxyl groups excluding tert-OH is 2. The van der Waals surface area contributed by atoms with Gasteiger partial charge in [0.2, 0.25) is 5.91 Å². The van der Waals surface area contributed by atoms with Crippen LogP contribution in [0.2, 0.25) is 18.1 Å². The summed E-state index contributed by atoms with van der Waals surface area (Å²) < 4.78 is 11.5. The van der Waals surface area contributed by atoms with Gasteiger partial charge in [0.05, 0.1) is 12.7 Å². The largest absolute Gasteiger partial charge is 0.409 e. The Morgan fingerprint density at radius 3 is 2.35 bits per heavy atom. The lowest BCUT2D eigenvalue weighted by Crippen LogP contribution is -2.54. The van der Waals surface area contributed by atoms with Crippen LogP contribution in [0, 0.1) is 0 Å². The average Bonchev–Trinajstić information content (AvgIpc) is 2.54. The number of ether oxygens (including phenoxy) is 1. The van der Waals surface area contributed by atoms with Gasteiger partial charge in [-0.05, 0) is 18.1 Å². The minimum absolute atomic E-state index is 0.0126. The van der Waals surface area contributed by atoms with Crippen LogP contribution in [0.4, 0.5) is 0 Å². The fraction of sp³-hybridized carbons (Fsp3) is 0.923. The Morgan fingerprint density at radius 2 is 1.95 bits per heavy atom. The zero-order valence-electron chi connectivity index (χ0n) is 13.1. The number of aliphatic hydroxyl groups is 2. The molecule has 0 spiro atoms. The van der Waals surface area contributed by atoms with Crippen LogP contribution < -0.4 is 5.32 Å². The van der Waals surface area contributed by atoms with E-state index in [9.17, 15) is 15.0 Å². The van der Waals surface area contributed by atoms with Gasteiger partial charge in [0.1, 0.15) is 12.1 Å². The molecule has 0 aromatic carbocycles. The number of hydrogen-bond acceptors (Lipinski definition) is 5. The highest BCUT2D eigenvalue weighted by atomic mass is 28.4. The number of carbonyl (C=O) groups excluding carboxylic acids is 1. The number of rotatable bonds is 4. The molecule has 1 aliphatic heterocycles. The first-order chi connectivity index (χ1) is 8.99. The standard InChI is InChI=1S/C13H27NO5Si/c1-8(16)14-10-11(9(7-15)18-12(10)17)19-20(5,6)13(2,3)4/h9-12,15,17H,7H2,1-6H3,(H,14,16)/t9-,10?,11+,12+/m1/s1. The summed E-state index contributed by atoms with van der Waals surface area (Å²) in [6, 6.07) is -0.654. The smallest absolute Gasteiger partial charge is 0.217 e. The van der Waals surface area contributed by atoms with Gasteiger partial charge in [-0.1, -0.05) is 20.8 Å². The molecule has 1 unspecified atom stereocenters. The second kappa shape index (κ2) is 6.11. The molecule has 0 radical (unpaired) electrons. The summed E-state index contributed by atoms with van der Waals surface area (Å²) in [4.78, 5) is 11.3. The van der Waals surface area contributed by atoms with Crippen molar-refractivity contribution in [2.45, 2.75) is 70.4 Å². The molecule has 6 nitrogen and oxygen atoms in total. The summed E-state index contributed by atoms with van der Waals surface area (Å²) in [5, 5.41) is 21.9. The first-order valence-electron chi connectivity index (χ1n) is 6.89. The summed E-state index contributed by atoms with van der Waals surface area (Å²) in [6.07, 6.45) is -2.33. The third-order valence-corrected chi connectivity index (χ3v) is 8.60. The maximum atomic E-state index is 11.3. The van der Waals surface area contributed by atoms with E-state index in [4.69, 9.17) is 9.16 Å². The third kappa shape index (κ3) is 3.79. The molecule has 20 heavy (non-hydrogen) atoms. The van der Waals surface area contributed by atoms with Gasteiger partial charge < -0.3 is 24.7 Å². The quantitative estimate of drug-likeness (QED) is 0.662. The molecule has 4 atom stereocenters. The number of amides is 1. The number of hydrogen-bond donors (Lipinski definition) is 3. The topological polar surface area (TPSA) is 88.0 Å². The van der Waals surface area contributed by atoms with E-state index in [2.05, 4.69) is 39.2 Å². The zero-order chi connectivity index (χ0) is 15.7. The van der Waals surface area contributed by atoms with Crippen LogP contribution in [0.1, 0.15) is 27.7 Å². The molecule has 1 fully saturated rings. The molecule has 118 valence electrons. The minimum atomic E-state index is -2.10. The van der Waals surface area contributed by atoms with E-state index in [0.717, 1.165) is 0 Å². The Kier molecular flexibility index (Phi) is 5.37. The summed E-state index contributed by atoms with van der Waals surface area (Å²) in [5.41, 5.74) is 0. The number of nitrogens with one attached hydrogen (secondary N) is 1. The normalized spacial score (nSPS) is 31.4. The van der Waals surface area contributed by atoms with E-state index in [1.54, 1.807) is 0 Å². The maximum absolute atomic E-state index is 11.3. The lowest BCUT2D eigenvalue weighted by molar-refractivity contribution is -0.127. The summed E-state index contributed by atoms with van der Waals surface area (Å²) in [7, 11) is -2.10. The highest BCUT2D eigenvalue weighted by Crippen LogP contribution is 2.39. The molecule has 1 heterocycles. The first-order valence-corrected chi connectivity index (χ1v) is 9.79. The van der Waals surface area contributed by atoms with Crippen LogP contribution >= 0.6 is 0 Å². The molecule has 1 aliphatic rings. The fourth-order valence-electron chi connectivity index (χ4n) is 1.94. The van der Waals surface area contributed by atoms with Crippen molar-refractivity contribution in [3.8, 4) is 0 Å². The predicted octanol–water partition coefficient (Wildman–Crippen LogP) is 0.591. The Labute approximate surface area is 121 Å². The fourth-order valence-corrected chi connectivity index (χ4v) is 3.27. The van der Waals surface area contributed by atoms with Crippen molar-refractivity contribution in [3.63, 3.8) is 0 Å². The maximum Gasteiger partial charge on any atom is 0.217 e. The summed E-state index contributed by atoms with van der Waals surface area (Å²) >= 11 is 0. The van der Waals surface area contributed by atoms with Crippen LogP contribution in [-0.4, -0.2) is 55.6 Å². The van der Waals surface area contributed by atoms with E-state index in [0.29, 0.717) is 0 Å². The molecule has 1 rings (SSSR count). The van der Waals surface area contributed by atoms with E-state index < -0.39 is 32.9 Å². The lowest BCUT2D eigenvalue weighted by atomic mass is 10.1. The zero-order valence-corrected chi connectivity index (χ0v) is 14.1. The van der Waals surface area contributed by atoms with Crippen molar-refractivity contribution in [1.29, 1.82) is 0 Å². The molecule has 0 saturated carbocycles. The lowest BCUT2D eigenvalue weighted by Gasteiger charge is -2.40. The van der Waals surface area contributed by atoms with E-state index in [1.165, 1.54) is 6.92 Å². The van der Waals surface area contributed by atoms with Crippen molar-refractivity contribution >= 4 is 14.2 Å². The second-order valence-corrected chi connectivity index (χ2v) is 11.6. The SMILES string of the molecule is CC(=O)NC1[C@@H](O[Si](C)(C)C(C)(C)C)[C@@H](CO)O[C@@H]1O. The molecule has 0 bridgehead atoms. The molecular formula is C13H27NO5Si. The van der Waals surface area contributed by atoms with Gasteiger partial charge in [-0.15, -0.1) is 0 Å². The molecule has 3 N–H and O–H groups in total. The Bertz CT molecular complexity index is 355. The molecular weight excluding hydrogens is 278 g/mol. The van der Waals surface area contributed by atoms with Crippen LogP contribution in [0.3, 0.4) is 0 Å². The molecule has 0 aromatic rings. The van der Waals surface area contributed by atoms with Gasteiger partial charge in [-0.25, -0.2) is 0 Å². The van der Waals surface area contributed by atoms with Crippen LogP contribution in [0.25, 0.3) is 0 Å². The highest BCUT2D eigenvalue weighted by Gasteiger charge is 2.49. The van der Waals surface area contributed by atoms with Crippen molar-refractivity contribution in [1.82, 2.24) is 5.32 Å². The van der Waals surface area contributed by atoms with E-state index in [-0.39, 0.29) is 17.6 Å². The van der Waals surface area contributed by atoms with Crippen LogP contribution in [0.15, 0.2) is 0 Å². The van der Waals surface area contributed by atoms with Crippen LogP contribution in [-0.2, 0) is 14.0 Å². The van der Waals surface area contributed by atoms with Gasteiger partial charge in [0.15, 0.2) is 14.6 Å². The van der Waals surface area contributed by atoms with Crippen molar-refractivity contribution in [3.05, 3.63) is 0 Å². The summed E-state index contributed by atoms with van der Waals surface area (Å²) in [5.74, 6) is -0.264. The Hall–Kier alpha value is -0.473. The van der Waals surface area contributed by atoms with Crippen LogP contribution in [0.5, 0.6) is 0 Å². The number of carbonyl (C=O) groups is 1. The Morgan fingerprint density at radius 1 is 1.40 bits per heavy atom. The minimum Gasteiger partial charge on any atom is -0.409 e. The van der Waals surface area contributed by atoms with Gasteiger partial charge >= 0.3 is 0 Å². The average molecular weight is 305 g/mol. The molecule has 7 heteroatoms. The first kappa shape index (κ1) is 17.6. The van der Waals surface area contributed by atoms with Crippen molar-refractivity contribution in [2.75, 3.05) is 6.61 Å². The predicted molar refractivity (Wildman–Crippen MR) is 77.6 cm³/mol. The third-order valence-electron chi connectivity index (χ3n) is 4.13. The van der Waals surface area contributed by atoms with Gasteiger partial charge in [-0.3, -0.25) is 4.79 Å². The monoisotopic (exact) mass is 305 g/mol. The molecule has 0 aromatic heterocycles. The van der Waals surface area contributed by atoms with Gasteiger partial charge in [0, 0.05) is 6.92 Å².